The number of allylic oxidation sites excluding steroid dienone is 15. The summed E-state index contributed by atoms with van der Waals surface area (Å²) >= 11 is 0. The molecule has 0 spiro atoms. The van der Waals surface area contributed by atoms with Gasteiger partial charge in [0.1, 0.15) is 6.61 Å². The molecule has 5 heteroatoms. The molecule has 0 amide bonds. The molecule has 0 aliphatic rings. The van der Waals surface area contributed by atoms with E-state index in [1.807, 2.05) is 12.2 Å². The molecule has 0 aliphatic heterocycles. The molecule has 0 N–H and O–H groups in total. The van der Waals surface area contributed by atoms with Crippen LogP contribution in [0.2, 0.25) is 0 Å². The van der Waals surface area contributed by atoms with Crippen LogP contribution in [-0.2, 0) is 23.8 Å². The average Bonchev–Trinajstić information content (AvgIpc) is 3.17. The first-order valence-electron chi connectivity index (χ1n) is 21.8. The molecule has 306 valence electrons. The highest BCUT2D eigenvalue weighted by Crippen LogP contribution is 2.11. The van der Waals surface area contributed by atoms with Crippen molar-refractivity contribution in [2.75, 3.05) is 19.8 Å². The molecule has 5 nitrogen and oxygen atoms in total. The molecule has 0 aromatic rings. The van der Waals surface area contributed by atoms with Crippen molar-refractivity contribution in [1.82, 2.24) is 0 Å². The predicted octanol–water partition coefficient (Wildman–Crippen LogP) is 14.3. The van der Waals surface area contributed by atoms with Gasteiger partial charge in [-0.15, -0.1) is 0 Å². The summed E-state index contributed by atoms with van der Waals surface area (Å²) < 4.78 is 17.1. The first-order valence-corrected chi connectivity index (χ1v) is 21.8. The van der Waals surface area contributed by atoms with Crippen LogP contribution in [0.5, 0.6) is 0 Å². The van der Waals surface area contributed by atoms with E-state index in [9.17, 15) is 9.59 Å². The van der Waals surface area contributed by atoms with Crippen molar-refractivity contribution in [3.63, 3.8) is 0 Å². The Balaban J connectivity index is 4.34. The number of rotatable bonds is 38. The lowest BCUT2D eigenvalue weighted by atomic mass is 10.1. The normalized spacial score (nSPS) is 13.2. The predicted molar refractivity (Wildman–Crippen MR) is 233 cm³/mol. The zero-order chi connectivity index (χ0) is 39.3. The second-order valence-corrected chi connectivity index (χ2v) is 13.9. The van der Waals surface area contributed by atoms with Gasteiger partial charge in [0, 0.05) is 13.0 Å². The molecule has 0 rings (SSSR count). The van der Waals surface area contributed by atoms with Crippen LogP contribution in [0.25, 0.3) is 0 Å². The maximum Gasteiger partial charge on any atom is 0.309 e. The number of unbranched alkanes of at least 4 members (excludes halogenated alkanes) is 12. The molecular formula is C49H80O5. The maximum absolute atomic E-state index is 12.6. The Morgan fingerprint density at radius 1 is 0.444 bits per heavy atom. The third-order valence-corrected chi connectivity index (χ3v) is 8.65. The van der Waals surface area contributed by atoms with Gasteiger partial charge in [-0.2, -0.15) is 0 Å². The van der Waals surface area contributed by atoms with Gasteiger partial charge in [0.15, 0.2) is 6.10 Å². The van der Waals surface area contributed by atoms with Crippen LogP contribution in [0.3, 0.4) is 0 Å². The molecule has 0 aromatic heterocycles. The Kier molecular flexibility index (Phi) is 41.6. The van der Waals surface area contributed by atoms with Gasteiger partial charge in [-0.3, -0.25) is 9.59 Å². The fraction of sp³-hybridized carbons (Fsp3) is 0.633. The van der Waals surface area contributed by atoms with E-state index in [2.05, 4.69) is 106 Å². The summed E-state index contributed by atoms with van der Waals surface area (Å²) in [6, 6.07) is 0. The summed E-state index contributed by atoms with van der Waals surface area (Å²) in [6.07, 6.45) is 58.7. The Morgan fingerprint density at radius 3 is 1.43 bits per heavy atom. The molecule has 0 radical (unpaired) electrons. The van der Waals surface area contributed by atoms with E-state index < -0.39 is 6.10 Å². The molecule has 1 unspecified atom stereocenters. The topological polar surface area (TPSA) is 61.8 Å². The molecular weight excluding hydrogens is 669 g/mol. The average molecular weight is 749 g/mol. The monoisotopic (exact) mass is 749 g/mol. The minimum absolute atomic E-state index is 0.0212. The van der Waals surface area contributed by atoms with E-state index in [4.69, 9.17) is 14.2 Å². The second kappa shape index (κ2) is 44.2. The largest absolute Gasteiger partial charge is 0.461 e. The molecule has 0 aromatic carbocycles. The standard InChI is InChI=1S/C49H80O5/c1-4-7-10-13-16-18-20-22-24-26-28-30-32-35-38-41-44-52-45-47(54-49(51)43-40-37-33-15-12-9-6-3)46-53-48(50)42-39-36-34-31-29-27-25-23-21-19-17-14-11-8-5-2/h7-8,10-11,16-19,22-25,29,31,36,39,47H,4-6,9,12-15,20-21,26-28,30,32-35,37-38,40-46H2,1-3H3/b10-7-,11-8-,18-16-,19-17-,24-22-,25-23-,31-29-,39-36-. The summed E-state index contributed by atoms with van der Waals surface area (Å²) in [7, 11) is 0. The number of esters is 2. The minimum Gasteiger partial charge on any atom is -0.461 e. The van der Waals surface area contributed by atoms with E-state index in [-0.39, 0.29) is 31.6 Å². The van der Waals surface area contributed by atoms with E-state index >= 15 is 0 Å². The Labute approximate surface area is 332 Å². The number of carbonyl (C=O) groups is 2. The Hall–Kier alpha value is -3.18. The van der Waals surface area contributed by atoms with Gasteiger partial charge in [0.25, 0.3) is 0 Å². The van der Waals surface area contributed by atoms with Gasteiger partial charge >= 0.3 is 11.9 Å². The molecule has 1 atom stereocenters. The van der Waals surface area contributed by atoms with E-state index in [1.54, 1.807) is 0 Å². The molecule has 0 aliphatic carbocycles. The second-order valence-electron chi connectivity index (χ2n) is 13.9. The van der Waals surface area contributed by atoms with Crippen molar-refractivity contribution in [1.29, 1.82) is 0 Å². The summed E-state index contributed by atoms with van der Waals surface area (Å²) in [4.78, 5) is 25.0. The van der Waals surface area contributed by atoms with Crippen LogP contribution in [0, 0.1) is 0 Å². The van der Waals surface area contributed by atoms with E-state index in [0.717, 1.165) is 89.9 Å². The number of carbonyl (C=O) groups excluding carboxylic acids is 2. The van der Waals surface area contributed by atoms with Crippen LogP contribution in [0.4, 0.5) is 0 Å². The summed E-state index contributed by atoms with van der Waals surface area (Å²) in [5.41, 5.74) is 0. The molecule has 0 bridgehead atoms. The Morgan fingerprint density at radius 2 is 0.889 bits per heavy atom. The van der Waals surface area contributed by atoms with Gasteiger partial charge in [-0.05, 0) is 77.0 Å². The van der Waals surface area contributed by atoms with Gasteiger partial charge in [0.05, 0.1) is 13.0 Å². The highest BCUT2D eigenvalue weighted by Gasteiger charge is 2.17. The van der Waals surface area contributed by atoms with Gasteiger partial charge in [-0.25, -0.2) is 0 Å². The van der Waals surface area contributed by atoms with Crippen molar-refractivity contribution in [3.8, 4) is 0 Å². The smallest absolute Gasteiger partial charge is 0.309 e. The number of hydrogen-bond acceptors (Lipinski definition) is 5. The summed E-state index contributed by atoms with van der Waals surface area (Å²) in [5.74, 6) is -0.565. The third kappa shape index (κ3) is 41.6. The maximum atomic E-state index is 12.6. The molecule has 54 heavy (non-hydrogen) atoms. The molecule has 0 fully saturated rings. The fourth-order valence-electron chi connectivity index (χ4n) is 5.48. The van der Waals surface area contributed by atoms with Gasteiger partial charge < -0.3 is 14.2 Å². The lowest BCUT2D eigenvalue weighted by Gasteiger charge is -2.18. The quantitative estimate of drug-likeness (QED) is 0.0357. The van der Waals surface area contributed by atoms with Crippen molar-refractivity contribution >= 4 is 11.9 Å². The SMILES string of the molecule is CC/C=C\C/C=C\C/C=C\C/C=C\C/C=C\CC(=O)OCC(COCCCCCCCC/C=C\C/C=C\C/C=C\CC)OC(=O)CCCCCCCCC. The van der Waals surface area contributed by atoms with Crippen LogP contribution in [0.15, 0.2) is 97.2 Å². The van der Waals surface area contributed by atoms with Crippen molar-refractivity contribution in [2.24, 2.45) is 0 Å². The number of ether oxygens (including phenoxy) is 3. The van der Waals surface area contributed by atoms with E-state index in [1.165, 1.54) is 51.4 Å². The highest BCUT2D eigenvalue weighted by molar-refractivity contribution is 5.71. The molecule has 0 saturated heterocycles. The first-order chi connectivity index (χ1) is 26.6. The zero-order valence-corrected chi connectivity index (χ0v) is 34.9. The highest BCUT2D eigenvalue weighted by atomic mass is 16.6. The molecule has 0 saturated carbocycles. The van der Waals surface area contributed by atoms with Gasteiger partial charge in [0.2, 0.25) is 0 Å². The van der Waals surface area contributed by atoms with Crippen molar-refractivity contribution in [2.45, 2.75) is 181 Å². The first kappa shape index (κ1) is 50.8. The molecule has 0 heterocycles. The summed E-state index contributed by atoms with van der Waals surface area (Å²) in [5, 5.41) is 0. The van der Waals surface area contributed by atoms with E-state index in [0.29, 0.717) is 13.0 Å². The zero-order valence-electron chi connectivity index (χ0n) is 34.9. The minimum atomic E-state index is -0.583. The van der Waals surface area contributed by atoms with Crippen molar-refractivity contribution < 1.29 is 23.8 Å². The Bertz CT molecular complexity index is 1070. The van der Waals surface area contributed by atoms with Crippen molar-refractivity contribution in [3.05, 3.63) is 97.2 Å². The lowest BCUT2D eigenvalue weighted by Crippen LogP contribution is -2.30. The van der Waals surface area contributed by atoms with Crippen LogP contribution >= 0.6 is 0 Å². The fourth-order valence-corrected chi connectivity index (χ4v) is 5.48. The lowest BCUT2D eigenvalue weighted by molar-refractivity contribution is -0.162. The summed E-state index contributed by atoms with van der Waals surface area (Å²) in [6.45, 7) is 7.40. The van der Waals surface area contributed by atoms with Gasteiger partial charge in [-0.1, -0.05) is 182 Å². The van der Waals surface area contributed by atoms with Crippen LogP contribution in [0.1, 0.15) is 175 Å². The van der Waals surface area contributed by atoms with Crippen LogP contribution in [-0.4, -0.2) is 37.9 Å². The van der Waals surface area contributed by atoms with Crippen LogP contribution < -0.4 is 0 Å². The number of hydrogen-bond donors (Lipinski definition) is 0. The third-order valence-electron chi connectivity index (χ3n) is 8.65.